The normalized spacial score (nSPS) is 14.6. The van der Waals surface area contributed by atoms with Gasteiger partial charge >= 0.3 is 5.97 Å². The molecule has 0 rings (SSSR count). The van der Waals surface area contributed by atoms with Crippen LogP contribution in [0.3, 0.4) is 0 Å². The van der Waals surface area contributed by atoms with Crippen LogP contribution in [0.5, 0.6) is 0 Å². The van der Waals surface area contributed by atoms with Crippen LogP contribution in [0.2, 0.25) is 0 Å². The van der Waals surface area contributed by atoms with E-state index in [0.717, 1.165) is 0 Å². The first-order chi connectivity index (χ1) is 7.02. The van der Waals surface area contributed by atoms with Gasteiger partial charge in [0, 0.05) is 12.6 Å². The van der Waals surface area contributed by atoms with Crippen molar-refractivity contribution < 1.29 is 18.6 Å². The molecule has 0 aromatic rings. The van der Waals surface area contributed by atoms with E-state index >= 15 is 0 Å². The van der Waals surface area contributed by atoms with Gasteiger partial charge in [-0.05, 0) is 37.9 Å². The summed E-state index contributed by atoms with van der Waals surface area (Å²) in [4.78, 5) is 10.9. The molecule has 0 aliphatic carbocycles. The second-order valence-corrected chi connectivity index (χ2v) is 6.42. The smallest absolute Gasteiger partial charge is 0.305 e. The average molecular weight is 257 g/mol. The molecular weight excluding hydrogens is 239 g/mol. The Morgan fingerprint density at radius 2 is 1.93 bits per heavy atom. The zero-order valence-electron chi connectivity index (χ0n) is 9.20. The third kappa shape index (κ3) is 8.91. The Balaban J connectivity index is 3.53. The van der Waals surface area contributed by atoms with Gasteiger partial charge in [0.25, 0.3) is 6.72 Å². The lowest BCUT2D eigenvalue weighted by atomic mass is 10.2. The van der Waals surface area contributed by atoms with Gasteiger partial charge in [0.15, 0.2) is 0 Å². The van der Waals surface area contributed by atoms with E-state index in [0.29, 0.717) is 38.6 Å². The molecule has 0 aromatic carbocycles. The summed E-state index contributed by atoms with van der Waals surface area (Å²) in [6, 6.07) is 0. The van der Waals surface area contributed by atoms with Crippen molar-refractivity contribution in [2.24, 2.45) is 0 Å². The molecule has 0 spiro atoms. The standard InChI is InChI=1S/C9H18ClO4P/c1-3-13-9(11)7-5-6-8-15(10,12)14-4-2/h3-8H2,1-2H3. The SMILES string of the molecule is CCOC(=O)CCCCP(=O)(Cl)OCC. The number of halogens is 1. The molecule has 0 aliphatic rings. The van der Waals surface area contributed by atoms with Crippen LogP contribution >= 0.6 is 18.0 Å². The molecule has 1 atom stereocenters. The van der Waals surface area contributed by atoms with E-state index in [2.05, 4.69) is 0 Å². The summed E-state index contributed by atoms with van der Waals surface area (Å²) >= 11 is 5.63. The highest BCUT2D eigenvalue weighted by Crippen LogP contribution is 2.52. The third-order valence-electron chi connectivity index (χ3n) is 1.68. The first-order valence-corrected chi connectivity index (χ1v) is 7.82. The van der Waals surface area contributed by atoms with Gasteiger partial charge in [-0.1, -0.05) is 0 Å². The number of hydrogen-bond donors (Lipinski definition) is 0. The van der Waals surface area contributed by atoms with Crippen molar-refractivity contribution in [3.8, 4) is 0 Å². The van der Waals surface area contributed by atoms with Gasteiger partial charge in [0.2, 0.25) is 0 Å². The highest BCUT2D eigenvalue weighted by molar-refractivity contribution is 7.85. The monoisotopic (exact) mass is 256 g/mol. The minimum absolute atomic E-state index is 0.224. The molecule has 15 heavy (non-hydrogen) atoms. The Hall–Kier alpha value is -0.0500. The number of rotatable bonds is 8. The van der Waals surface area contributed by atoms with Crippen LogP contribution in [0.1, 0.15) is 33.1 Å². The van der Waals surface area contributed by atoms with Crippen molar-refractivity contribution in [2.75, 3.05) is 19.4 Å². The predicted octanol–water partition coefficient (Wildman–Crippen LogP) is 3.19. The molecule has 0 heterocycles. The van der Waals surface area contributed by atoms with Gasteiger partial charge in [0.1, 0.15) is 0 Å². The number of hydrogen-bond acceptors (Lipinski definition) is 4. The van der Waals surface area contributed by atoms with Crippen molar-refractivity contribution in [3.63, 3.8) is 0 Å². The molecule has 0 amide bonds. The molecule has 6 heteroatoms. The quantitative estimate of drug-likeness (QED) is 0.380. The van der Waals surface area contributed by atoms with Crippen LogP contribution in [0, 0.1) is 0 Å². The fraction of sp³-hybridized carbons (Fsp3) is 0.889. The molecule has 0 saturated heterocycles. The van der Waals surface area contributed by atoms with Crippen LogP contribution < -0.4 is 0 Å². The van der Waals surface area contributed by atoms with Gasteiger partial charge in [-0.2, -0.15) is 0 Å². The van der Waals surface area contributed by atoms with E-state index in [-0.39, 0.29) is 5.97 Å². The number of carbonyl (C=O) groups excluding carboxylic acids is 1. The summed E-state index contributed by atoms with van der Waals surface area (Å²) in [7, 11) is 0. The Kier molecular flexibility index (Phi) is 8.12. The van der Waals surface area contributed by atoms with Gasteiger partial charge in [-0.15, -0.1) is 0 Å². The minimum Gasteiger partial charge on any atom is -0.466 e. The summed E-state index contributed by atoms with van der Waals surface area (Å²) in [5, 5.41) is 0. The van der Waals surface area contributed by atoms with E-state index in [9.17, 15) is 9.36 Å². The van der Waals surface area contributed by atoms with Crippen molar-refractivity contribution in [1.82, 2.24) is 0 Å². The third-order valence-corrected chi connectivity index (χ3v) is 3.98. The molecule has 0 aromatic heterocycles. The minimum atomic E-state index is -2.95. The molecule has 1 unspecified atom stereocenters. The zero-order chi connectivity index (χ0) is 11.7. The summed E-state index contributed by atoms with van der Waals surface area (Å²) in [5.41, 5.74) is 0. The maximum Gasteiger partial charge on any atom is 0.305 e. The van der Waals surface area contributed by atoms with E-state index in [1.807, 2.05) is 0 Å². The van der Waals surface area contributed by atoms with Crippen molar-refractivity contribution in [3.05, 3.63) is 0 Å². The van der Waals surface area contributed by atoms with Crippen molar-refractivity contribution in [1.29, 1.82) is 0 Å². The van der Waals surface area contributed by atoms with Gasteiger partial charge in [-0.3, -0.25) is 9.36 Å². The lowest BCUT2D eigenvalue weighted by Crippen LogP contribution is -2.03. The largest absolute Gasteiger partial charge is 0.466 e. The topological polar surface area (TPSA) is 52.6 Å². The molecule has 0 saturated carbocycles. The van der Waals surface area contributed by atoms with Crippen molar-refractivity contribution >= 4 is 23.9 Å². The van der Waals surface area contributed by atoms with Crippen LogP contribution in [-0.4, -0.2) is 25.3 Å². The second-order valence-electron chi connectivity index (χ2n) is 2.99. The van der Waals surface area contributed by atoms with Gasteiger partial charge < -0.3 is 9.26 Å². The lowest BCUT2D eigenvalue weighted by Gasteiger charge is -2.09. The molecule has 0 bridgehead atoms. The maximum atomic E-state index is 11.4. The molecule has 0 aliphatic heterocycles. The molecule has 4 nitrogen and oxygen atoms in total. The first-order valence-electron chi connectivity index (χ1n) is 5.10. The molecule has 0 radical (unpaired) electrons. The Morgan fingerprint density at radius 1 is 1.27 bits per heavy atom. The number of unbranched alkanes of at least 4 members (excludes halogenated alkanes) is 1. The zero-order valence-corrected chi connectivity index (χ0v) is 10.9. The van der Waals surface area contributed by atoms with Gasteiger partial charge in [-0.25, -0.2) is 0 Å². The highest BCUT2D eigenvalue weighted by Gasteiger charge is 2.17. The fourth-order valence-corrected chi connectivity index (χ4v) is 2.83. The number of carbonyl (C=O) groups is 1. The molecule has 0 N–H and O–H groups in total. The van der Waals surface area contributed by atoms with E-state index in [1.54, 1.807) is 13.8 Å². The maximum absolute atomic E-state index is 11.4. The lowest BCUT2D eigenvalue weighted by molar-refractivity contribution is -0.143. The van der Waals surface area contributed by atoms with E-state index in [1.165, 1.54) is 0 Å². The first kappa shape index (κ1) is 14.9. The molecule has 0 fully saturated rings. The molecular formula is C9H18ClO4P. The number of esters is 1. The Morgan fingerprint density at radius 3 is 2.47 bits per heavy atom. The summed E-state index contributed by atoms with van der Waals surface area (Å²) in [6.45, 7) is 1.30. The van der Waals surface area contributed by atoms with Crippen molar-refractivity contribution in [2.45, 2.75) is 33.1 Å². The van der Waals surface area contributed by atoms with E-state index < -0.39 is 6.72 Å². The van der Waals surface area contributed by atoms with Gasteiger partial charge in [0.05, 0.1) is 13.2 Å². The highest BCUT2D eigenvalue weighted by atomic mass is 35.7. The number of ether oxygens (including phenoxy) is 1. The second kappa shape index (κ2) is 8.14. The Labute approximate surface area is 95.5 Å². The van der Waals surface area contributed by atoms with E-state index in [4.69, 9.17) is 20.5 Å². The summed E-state index contributed by atoms with van der Waals surface area (Å²) in [5.74, 6) is -0.224. The average Bonchev–Trinajstić information content (AvgIpc) is 2.13. The van der Waals surface area contributed by atoms with Crippen LogP contribution in [0.4, 0.5) is 0 Å². The summed E-state index contributed by atoms with van der Waals surface area (Å²) in [6.07, 6.45) is 1.89. The predicted molar refractivity (Wildman–Crippen MR) is 60.4 cm³/mol. The fourth-order valence-electron chi connectivity index (χ4n) is 1.06. The van der Waals surface area contributed by atoms with Crippen LogP contribution in [0.25, 0.3) is 0 Å². The summed E-state index contributed by atoms with van der Waals surface area (Å²) < 4.78 is 21.0. The van der Waals surface area contributed by atoms with Crippen LogP contribution in [-0.2, 0) is 18.6 Å². The van der Waals surface area contributed by atoms with Crippen LogP contribution in [0.15, 0.2) is 0 Å². The Bertz CT molecular complexity index is 232. The molecule has 90 valence electrons.